The first kappa shape index (κ1) is 15.7. The van der Waals surface area contributed by atoms with Gasteiger partial charge in [-0.3, -0.25) is 4.79 Å². The number of rotatable bonds is 6. The molecule has 0 spiro atoms. The van der Waals surface area contributed by atoms with Crippen molar-refractivity contribution in [2.45, 2.75) is 12.8 Å². The molecule has 2 aromatic carbocycles. The van der Waals surface area contributed by atoms with E-state index in [4.69, 9.17) is 4.74 Å². The maximum Gasteiger partial charge on any atom is 0.299 e. The largest absolute Gasteiger partial charge is 0.414 e. The van der Waals surface area contributed by atoms with Gasteiger partial charge in [0, 0.05) is 35.3 Å². The number of carbonyl (C=O) groups is 1. The Morgan fingerprint density at radius 3 is 2.71 bits per heavy atom. The molecule has 3 rings (SSSR count). The molecule has 0 saturated carbocycles. The lowest BCUT2D eigenvalue weighted by Crippen LogP contribution is -2.04. The fourth-order valence-electron chi connectivity index (χ4n) is 2.54. The molecule has 0 bridgehead atoms. The van der Waals surface area contributed by atoms with Gasteiger partial charge in [-0.05, 0) is 24.1 Å². The number of hydrogen-bond acceptors (Lipinski definition) is 3. The number of hydrogen-bond donors (Lipinski definition) is 1. The lowest BCUT2D eigenvalue weighted by molar-refractivity contribution is -0.121. The first-order chi connectivity index (χ1) is 11.9. The highest BCUT2D eigenvalue weighted by Crippen LogP contribution is 2.18. The lowest BCUT2D eigenvalue weighted by atomic mass is 10.1. The van der Waals surface area contributed by atoms with E-state index >= 15 is 0 Å². The Hall–Kier alpha value is -3.14. The van der Waals surface area contributed by atoms with Crippen molar-refractivity contribution in [1.82, 2.24) is 4.98 Å². The number of ether oxygens (including phenoxy) is 1. The Kier molecular flexibility index (Phi) is 5.20. The maximum absolute atomic E-state index is 10.7. The number of fused-ring (bicyclic) bond motifs is 1. The standard InChI is InChI=1S/C20H18N2O2/c23-15-24-20(11-10-16-6-2-1-3-7-16)21-13-12-17-14-22-19-9-5-4-8-18(17)19/h1-9,12-15,22H,10-11H2/b13-12+,21-20?. The van der Waals surface area contributed by atoms with Gasteiger partial charge in [-0.25, -0.2) is 4.99 Å². The lowest BCUT2D eigenvalue weighted by Gasteiger charge is -2.02. The third-order valence-electron chi connectivity index (χ3n) is 3.75. The van der Waals surface area contributed by atoms with E-state index in [1.165, 1.54) is 5.56 Å². The van der Waals surface area contributed by atoms with E-state index in [0.29, 0.717) is 18.8 Å². The van der Waals surface area contributed by atoms with Crippen LogP contribution in [0, 0.1) is 0 Å². The molecule has 0 aliphatic rings. The molecule has 4 heteroatoms. The average Bonchev–Trinajstić information content (AvgIpc) is 3.04. The zero-order valence-electron chi connectivity index (χ0n) is 13.2. The molecule has 0 aliphatic heterocycles. The summed E-state index contributed by atoms with van der Waals surface area (Å²) in [5.41, 5.74) is 3.30. The first-order valence-electron chi connectivity index (χ1n) is 7.80. The zero-order valence-corrected chi connectivity index (χ0v) is 13.2. The van der Waals surface area contributed by atoms with Crippen molar-refractivity contribution < 1.29 is 9.53 Å². The molecule has 0 aliphatic carbocycles. The van der Waals surface area contributed by atoms with Crippen LogP contribution in [-0.2, 0) is 16.0 Å². The molecule has 1 heterocycles. The summed E-state index contributed by atoms with van der Waals surface area (Å²) in [6.45, 7) is 0.420. The van der Waals surface area contributed by atoms with Gasteiger partial charge in [0.2, 0.25) is 0 Å². The molecule has 1 aromatic heterocycles. The van der Waals surface area contributed by atoms with E-state index in [1.807, 2.05) is 66.9 Å². The minimum absolute atomic E-state index is 0.407. The molecule has 0 unspecified atom stereocenters. The van der Waals surface area contributed by atoms with Crippen LogP contribution in [0.2, 0.25) is 0 Å². The second kappa shape index (κ2) is 7.92. The van der Waals surface area contributed by atoms with E-state index in [-0.39, 0.29) is 0 Å². The van der Waals surface area contributed by atoms with Gasteiger partial charge in [0.05, 0.1) is 0 Å². The molecule has 1 N–H and O–H groups in total. The van der Waals surface area contributed by atoms with Crippen molar-refractivity contribution in [2.24, 2.45) is 4.99 Å². The zero-order chi connectivity index (χ0) is 16.6. The summed E-state index contributed by atoms with van der Waals surface area (Å²) in [4.78, 5) is 18.2. The summed E-state index contributed by atoms with van der Waals surface area (Å²) in [6.07, 6.45) is 6.84. The van der Waals surface area contributed by atoms with Gasteiger partial charge in [-0.15, -0.1) is 0 Å². The topological polar surface area (TPSA) is 54.4 Å². The Bertz CT molecular complexity index is 863. The fourth-order valence-corrected chi connectivity index (χ4v) is 2.54. The van der Waals surface area contributed by atoms with E-state index in [2.05, 4.69) is 9.98 Å². The summed E-state index contributed by atoms with van der Waals surface area (Å²) in [5.74, 6) is 0.407. The Labute approximate surface area is 140 Å². The van der Waals surface area contributed by atoms with Crippen molar-refractivity contribution in [1.29, 1.82) is 0 Å². The predicted molar refractivity (Wildman–Crippen MR) is 96.7 cm³/mol. The Morgan fingerprint density at radius 1 is 1.08 bits per heavy atom. The van der Waals surface area contributed by atoms with Crippen molar-refractivity contribution >= 4 is 29.3 Å². The average molecular weight is 318 g/mol. The van der Waals surface area contributed by atoms with E-state index in [0.717, 1.165) is 22.9 Å². The third kappa shape index (κ3) is 3.98. The quantitative estimate of drug-likeness (QED) is 0.417. The summed E-state index contributed by atoms with van der Waals surface area (Å²) in [7, 11) is 0. The predicted octanol–water partition coefficient (Wildman–Crippen LogP) is 4.34. The summed E-state index contributed by atoms with van der Waals surface area (Å²) in [6, 6.07) is 18.1. The Balaban J connectivity index is 1.70. The van der Waals surface area contributed by atoms with Gasteiger partial charge in [0.1, 0.15) is 0 Å². The van der Waals surface area contributed by atoms with Gasteiger partial charge in [0.25, 0.3) is 6.47 Å². The van der Waals surface area contributed by atoms with Crippen LogP contribution in [0.5, 0.6) is 0 Å². The van der Waals surface area contributed by atoms with Gasteiger partial charge in [-0.2, -0.15) is 0 Å². The normalized spacial score (nSPS) is 11.9. The van der Waals surface area contributed by atoms with Gasteiger partial charge < -0.3 is 9.72 Å². The molecule has 120 valence electrons. The smallest absolute Gasteiger partial charge is 0.299 e. The summed E-state index contributed by atoms with van der Waals surface area (Å²) in [5, 5.41) is 1.13. The minimum Gasteiger partial charge on any atom is -0.414 e. The van der Waals surface area contributed by atoms with Crippen molar-refractivity contribution in [3.63, 3.8) is 0 Å². The number of para-hydroxylation sites is 1. The second-order valence-corrected chi connectivity index (χ2v) is 5.33. The third-order valence-corrected chi connectivity index (χ3v) is 3.75. The van der Waals surface area contributed by atoms with E-state index in [9.17, 15) is 4.79 Å². The SMILES string of the molecule is O=COC(CCc1ccccc1)=N/C=C/c1c[nH]c2ccccc12. The molecule has 0 radical (unpaired) electrons. The number of nitrogens with zero attached hydrogens (tertiary/aromatic N) is 1. The van der Waals surface area contributed by atoms with Gasteiger partial charge in [0.15, 0.2) is 5.90 Å². The van der Waals surface area contributed by atoms with Gasteiger partial charge in [-0.1, -0.05) is 48.5 Å². The number of aromatic amines is 1. The highest BCUT2D eigenvalue weighted by atomic mass is 16.5. The molecule has 24 heavy (non-hydrogen) atoms. The minimum atomic E-state index is 0.407. The van der Waals surface area contributed by atoms with Gasteiger partial charge >= 0.3 is 0 Å². The Morgan fingerprint density at radius 2 is 1.88 bits per heavy atom. The molecule has 0 atom stereocenters. The highest BCUT2D eigenvalue weighted by Gasteiger charge is 2.02. The molecule has 0 amide bonds. The van der Waals surface area contributed by atoms with Crippen LogP contribution < -0.4 is 0 Å². The van der Waals surface area contributed by atoms with Crippen molar-refractivity contribution in [3.8, 4) is 0 Å². The van der Waals surface area contributed by atoms with Crippen LogP contribution >= 0.6 is 0 Å². The van der Waals surface area contributed by atoms with Crippen LogP contribution in [0.25, 0.3) is 17.0 Å². The fraction of sp³-hybridized carbons (Fsp3) is 0.100. The van der Waals surface area contributed by atoms with Crippen molar-refractivity contribution in [3.05, 3.63) is 78.1 Å². The van der Waals surface area contributed by atoms with Crippen LogP contribution in [0.4, 0.5) is 0 Å². The molecule has 0 saturated heterocycles. The molecular weight excluding hydrogens is 300 g/mol. The maximum atomic E-state index is 10.7. The van der Waals surface area contributed by atoms with Crippen LogP contribution in [0.3, 0.4) is 0 Å². The van der Waals surface area contributed by atoms with Crippen LogP contribution in [-0.4, -0.2) is 17.4 Å². The molecule has 3 aromatic rings. The van der Waals surface area contributed by atoms with E-state index in [1.54, 1.807) is 6.20 Å². The number of aliphatic imine (C=N–C) groups is 1. The number of carbonyl (C=O) groups excluding carboxylic acids is 1. The van der Waals surface area contributed by atoms with Crippen LogP contribution in [0.15, 0.2) is 72.0 Å². The highest BCUT2D eigenvalue weighted by molar-refractivity contribution is 5.89. The van der Waals surface area contributed by atoms with E-state index < -0.39 is 0 Å². The summed E-state index contributed by atoms with van der Waals surface area (Å²) >= 11 is 0. The second-order valence-electron chi connectivity index (χ2n) is 5.33. The molecule has 0 fully saturated rings. The molecule has 4 nitrogen and oxygen atoms in total. The monoisotopic (exact) mass is 318 g/mol. The number of aryl methyl sites for hydroxylation is 1. The number of benzene rings is 2. The number of nitrogens with one attached hydrogen (secondary N) is 1. The van der Waals surface area contributed by atoms with Crippen molar-refractivity contribution in [2.75, 3.05) is 0 Å². The molecular formula is C20H18N2O2. The van der Waals surface area contributed by atoms with Crippen LogP contribution in [0.1, 0.15) is 17.5 Å². The first-order valence-corrected chi connectivity index (χ1v) is 7.80. The summed E-state index contributed by atoms with van der Waals surface area (Å²) < 4.78 is 4.98. The number of H-pyrrole nitrogens is 1. The number of aromatic nitrogens is 1.